The van der Waals surface area contributed by atoms with Gasteiger partial charge in [0, 0.05) is 48.8 Å². The van der Waals surface area contributed by atoms with Gasteiger partial charge >= 0.3 is 6.03 Å². The predicted octanol–water partition coefficient (Wildman–Crippen LogP) is 4.09. The molecule has 0 spiro atoms. The van der Waals surface area contributed by atoms with Crippen LogP contribution in [-0.4, -0.2) is 70.3 Å². The highest BCUT2D eigenvalue weighted by atomic mass is 16.5. The minimum absolute atomic E-state index is 0.301. The number of nitrogens with one attached hydrogen (secondary N) is 3. The van der Waals surface area contributed by atoms with Gasteiger partial charge in [-0.05, 0) is 62.2 Å². The molecule has 0 atom stereocenters. The molecule has 5 rings (SSSR count). The average molecular weight is 486 g/mol. The number of carbonyl (C=O) groups excluding carboxylic acids is 1. The molecule has 4 heterocycles. The number of aryl methyl sites for hydroxylation is 1. The number of amides is 2. The lowest BCUT2D eigenvalue weighted by atomic mass is 10.0. The molecular formula is C27H31N7O2. The molecule has 1 fully saturated rings. The molecule has 186 valence electrons. The minimum Gasteiger partial charge on any atom is -0.379 e. The number of hydrogen-bond donors (Lipinski definition) is 3. The number of nitrogens with zero attached hydrogens (tertiary/aromatic N) is 4. The molecule has 1 saturated heterocycles. The fourth-order valence-corrected chi connectivity index (χ4v) is 4.42. The monoisotopic (exact) mass is 485 g/mol. The van der Waals surface area contributed by atoms with Crippen LogP contribution in [0.25, 0.3) is 33.4 Å². The number of hydrogen-bond acceptors (Lipinski definition) is 6. The molecule has 0 saturated carbocycles. The quantitative estimate of drug-likeness (QED) is 0.347. The third kappa shape index (κ3) is 5.69. The Kier molecular flexibility index (Phi) is 7.49. The van der Waals surface area contributed by atoms with Crippen LogP contribution in [0.2, 0.25) is 0 Å². The van der Waals surface area contributed by atoms with Crippen LogP contribution in [0.4, 0.5) is 10.7 Å². The van der Waals surface area contributed by atoms with E-state index in [-0.39, 0.29) is 6.03 Å². The molecule has 2 amide bonds. The van der Waals surface area contributed by atoms with Gasteiger partial charge < -0.3 is 15.0 Å². The van der Waals surface area contributed by atoms with E-state index in [1.807, 2.05) is 37.4 Å². The van der Waals surface area contributed by atoms with Crippen LogP contribution in [0.5, 0.6) is 0 Å². The summed E-state index contributed by atoms with van der Waals surface area (Å²) in [7, 11) is 0. The second-order valence-corrected chi connectivity index (χ2v) is 8.80. The van der Waals surface area contributed by atoms with Gasteiger partial charge in [-0.2, -0.15) is 0 Å². The van der Waals surface area contributed by atoms with Gasteiger partial charge in [-0.1, -0.05) is 12.1 Å². The number of ether oxygens (including phenoxy) is 1. The molecule has 9 nitrogen and oxygen atoms in total. The van der Waals surface area contributed by atoms with Crippen LogP contribution in [0, 0.1) is 0 Å². The molecule has 0 bridgehead atoms. The van der Waals surface area contributed by atoms with Gasteiger partial charge in [-0.15, -0.1) is 0 Å². The predicted molar refractivity (Wildman–Crippen MR) is 141 cm³/mol. The lowest BCUT2D eigenvalue weighted by molar-refractivity contribution is 0.0374. The van der Waals surface area contributed by atoms with E-state index < -0.39 is 0 Å². The van der Waals surface area contributed by atoms with Crippen molar-refractivity contribution < 1.29 is 9.53 Å². The topological polar surface area (TPSA) is 108 Å². The Morgan fingerprint density at radius 2 is 2.00 bits per heavy atom. The van der Waals surface area contributed by atoms with Crippen molar-refractivity contribution in [2.45, 2.75) is 19.8 Å². The second kappa shape index (κ2) is 11.3. The summed E-state index contributed by atoms with van der Waals surface area (Å²) in [6, 6.07) is 13.8. The summed E-state index contributed by atoms with van der Waals surface area (Å²) >= 11 is 0. The third-order valence-corrected chi connectivity index (χ3v) is 6.27. The van der Waals surface area contributed by atoms with Crippen LogP contribution in [0.1, 0.15) is 19.0 Å². The molecule has 3 aromatic heterocycles. The second-order valence-electron chi connectivity index (χ2n) is 8.80. The first kappa shape index (κ1) is 23.9. The zero-order valence-corrected chi connectivity index (χ0v) is 20.5. The highest BCUT2D eigenvalue weighted by Crippen LogP contribution is 2.33. The van der Waals surface area contributed by atoms with Crippen molar-refractivity contribution >= 4 is 23.0 Å². The maximum Gasteiger partial charge on any atom is 0.321 e. The van der Waals surface area contributed by atoms with Crippen molar-refractivity contribution in [3.8, 4) is 22.4 Å². The summed E-state index contributed by atoms with van der Waals surface area (Å²) in [5, 5.41) is 5.48. The minimum atomic E-state index is -0.301. The summed E-state index contributed by atoms with van der Waals surface area (Å²) in [5.74, 6) is 0.388. The van der Waals surface area contributed by atoms with Gasteiger partial charge in [0.1, 0.15) is 0 Å². The third-order valence-electron chi connectivity index (χ3n) is 6.27. The Bertz CT molecular complexity index is 1300. The van der Waals surface area contributed by atoms with Crippen LogP contribution in [0.15, 0.2) is 54.9 Å². The zero-order valence-electron chi connectivity index (χ0n) is 20.5. The molecule has 9 heteroatoms. The first-order valence-corrected chi connectivity index (χ1v) is 12.4. The van der Waals surface area contributed by atoms with E-state index in [9.17, 15) is 4.79 Å². The summed E-state index contributed by atoms with van der Waals surface area (Å²) in [4.78, 5) is 31.6. The first-order valence-electron chi connectivity index (χ1n) is 12.4. The summed E-state index contributed by atoms with van der Waals surface area (Å²) in [6.07, 6.45) is 5.72. The van der Waals surface area contributed by atoms with E-state index in [1.54, 1.807) is 6.20 Å². The molecule has 36 heavy (non-hydrogen) atoms. The van der Waals surface area contributed by atoms with E-state index in [4.69, 9.17) is 9.72 Å². The maximum atomic E-state index is 12.0. The number of H-pyrrole nitrogens is 1. The number of imidazole rings is 1. The largest absolute Gasteiger partial charge is 0.379 e. The number of benzene rings is 1. The Morgan fingerprint density at radius 1 is 1.11 bits per heavy atom. The SMILES string of the molecule is CCNC(=O)Nc1nc2c(-c3ccccn3)cc(-c3ccc(CCCN4CCOCC4)nc3)cc2[nH]1. The number of aromatic amines is 1. The van der Waals surface area contributed by atoms with Crippen LogP contribution >= 0.6 is 0 Å². The normalized spacial score (nSPS) is 14.1. The van der Waals surface area contributed by atoms with Gasteiger partial charge in [0.15, 0.2) is 0 Å². The number of urea groups is 1. The molecule has 1 aliphatic heterocycles. The van der Waals surface area contributed by atoms with Gasteiger partial charge in [-0.3, -0.25) is 20.2 Å². The summed E-state index contributed by atoms with van der Waals surface area (Å²) in [6.45, 7) is 7.17. The number of aromatic nitrogens is 4. The Labute approximate surface area is 210 Å². The number of rotatable bonds is 8. The number of morpholine rings is 1. The van der Waals surface area contributed by atoms with Gasteiger partial charge in [0.2, 0.25) is 5.95 Å². The van der Waals surface area contributed by atoms with Crippen molar-refractivity contribution in [1.29, 1.82) is 0 Å². The van der Waals surface area contributed by atoms with E-state index in [0.717, 1.165) is 84.8 Å². The molecule has 1 aliphatic rings. The molecule has 0 aliphatic carbocycles. The number of fused-ring (bicyclic) bond motifs is 1. The highest BCUT2D eigenvalue weighted by molar-refractivity contribution is 5.97. The van der Waals surface area contributed by atoms with E-state index >= 15 is 0 Å². The highest BCUT2D eigenvalue weighted by Gasteiger charge is 2.15. The van der Waals surface area contributed by atoms with Crippen molar-refractivity contribution in [2.24, 2.45) is 0 Å². The van der Waals surface area contributed by atoms with Gasteiger partial charge in [0.25, 0.3) is 0 Å². The van der Waals surface area contributed by atoms with E-state index in [1.165, 1.54) is 0 Å². The molecule has 0 unspecified atom stereocenters. The first-order chi connectivity index (χ1) is 17.7. The molecular weight excluding hydrogens is 454 g/mol. The fraction of sp³-hybridized carbons (Fsp3) is 0.333. The number of pyridine rings is 2. The van der Waals surface area contributed by atoms with E-state index in [0.29, 0.717) is 12.5 Å². The lowest BCUT2D eigenvalue weighted by Crippen LogP contribution is -2.36. The van der Waals surface area contributed by atoms with Crippen molar-refractivity contribution in [3.05, 3.63) is 60.6 Å². The summed E-state index contributed by atoms with van der Waals surface area (Å²) in [5.41, 5.74) is 6.37. The van der Waals surface area contributed by atoms with E-state index in [2.05, 4.69) is 48.7 Å². The van der Waals surface area contributed by atoms with Crippen molar-refractivity contribution in [2.75, 3.05) is 44.7 Å². The summed E-state index contributed by atoms with van der Waals surface area (Å²) < 4.78 is 5.43. The Morgan fingerprint density at radius 3 is 2.75 bits per heavy atom. The number of carbonyl (C=O) groups is 1. The zero-order chi connectivity index (χ0) is 24.7. The molecule has 4 aromatic rings. The lowest BCUT2D eigenvalue weighted by Gasteiger charge is -2.26. The Hall–Kier alpha value is -3.82. The van der Waals surface area contributed by atoms with Crippen LogP contribution < -0.4 is 10.6 Å². The van der Waals surface area contributed by atoms with Crippen molar-refractivity contribution in [1.82, 2.24) is 30.2 Å². The van der Waals surface area contributed by atoms with Gasteiger partial charge in [0.05, 0.1) is 29.9 Å². The molecule has 0 radical (unpaired) electrons. The van der Waals surface area contributed by atoms with Crippen LogP contribution in [-0.2, 0) is 11.2 Å². The van der Waals surface area contributed by atoms with Gasteiger partial charge in [-0.25, -0.2) is 9.78 Å². The fourth-order valence-electron chi connectivity index (χ4n) is 4.42. The maximum absolute atomic E-state index is 12.0. The number of anilines is 1. The van der Waals surface area contributed by atoms with Crippen molar-refractivity contribution in [3.63, 3.8) is 0 Å². The molecule has 3 N–H and O–H groups in total. The average Bonchev–Trinajstić information content (AvgIpc) is 3.32. The van der Waals surface area contributed by atoms with Crippen LogP contribution in [0.3, 0.4) is 0 Å². The smallest absolute Gasteiger partial charge is 0.321 e. The molecule has 1 aromatic carbocycles. The Balaban J connectivity index is 1.38. The standard InChI is InChI=1S/C27H31N7O2/c1-2-28-27(35)33-26-31-24-17-20(16-22(25(24)32-26)23-7-3-4-10-29-23)19-8-9-21(30-18-19)6-5-11-34-12-14-36-15-13-34/h3-4,7-10,16-18H,2,5-6,11-15H2,1H3,(H3,28,31,32,33,35).